The molecule has 0 saturated heterocycles. The number of rotatable bonds is 5. The Balaban J connectivity index is 2.00. The minimum Gasteiger partial charge on any atom is -0.396 e. The summed E-state index contributed by atoms with van der Waals surface area (Å²) >= 11 is 5.83. The molecule has 0 spiro atoms. The van der Waals surface area contributed by atoms with Gasteiger partial charge in [0.05, 0.1) is 5.02 Å². The first-order chi connectivity index (χ1) is 8.69. The van der Waals surface area contributed by atoms with Crippen molar-refractivity contribution in [1.29, 1.82) is 5.26 Å². The molecular formula is C13H16ClN3O. The van der Waals surface area contributed by atoms with Crippen LogP contribution in [0, 0.1) is 16.7 Å². The fourth-order valence-corrected chi connectivity index (χ4v) is 2.47. The van der Waals surface area contributed by atoms with Crippen LogP contribution in [0.3, 0.4) is 0 Å². The number of aliphatic hydroxyl groups excluding tert-OH is 1. The van der Waals surface area contributed by atoms with Crippen LogP contribution in [-0.2, 0) is 0 Å². The number of aromatic nitrogens is 1. The highest BCUT2D eigenvalue weighted by molar-refractivity contribution is 6.31. The molecule has 2 N–H and O–H groups in total. The van der Waals surface area contributed by atoms with E-state index in [-0.39, 0.29) is 17.7 Å². The first kappa shape index (κ1) is 13.1. The molecule has 1 aromatic rings. The Morgan fingerprint density at radius 3 is 2.83 bits per heavy atom. The summed E-state index contributed by atoms with van der Waals surface area (Å²) in [4.78, 5) is 4.15. The maximum atomic E-state index is 9.08. The Hall–Kier alpha value is -1.31. The van der Waals surface area contributed by atoms with Gasteiger partial charge in [0.1, 0.15) is 11.9 Å². The molecule has 0 amide bonds. The van der Waals surface area contributed by atoms with E-state index in [1.807, 2.05) is 6.07 Å². The Morgan fingerprint density at radius 2 is 2.28 bits per heavy atom. The minimum atomic E-state index is 0.197. The molecule has 1 aliphatic rings. The van der Waals surface area contributed by atoms with Gasteiger partial charge in [0.25, 0.3) is 0 Å². The van der Waals surface area contributed by atoms with Gasteiger partial charge in [-0.15, -0.1) is 0 Å². The molecule has 1 saturated carbocycles. The second-order valence-electron chi connectivity index (χ2n) is 4.82. The van der Waals surface area contributed by atoms with Crippen LogP contribution in [-0.4, -0.2) is 23.2 Å². The van der Waals surface area contributed by atoms with Gasteiger partial charge in [0.15, 0.2) is 5.69 Å². The lowest BCUT2D eigenvalue weighted by atomic mass is 9.67. The fraction of sp³-hybridized carbons (Fsp3) is 0.538. The first-order valence-electron chi connectivity index (χ1n) is 6.10. The smallest absolute Gasteiger partial charge is 0.161 e. The number of hydrogen-bond acceptors (Lipinski definition) is 4. The SMILES string of the molecule is N#Cc1nc(NCC2(CCO)CCC2)ccc1Cl. The molecule has 0 aromatic carbocycles. The van der Waals surface area contributed by atoms with Crippen LogP contribution in [0.1, 0.15) is 31.4 Å². The van der Waals surface area contributed by atoms with Crippen LogP contribution in [0.4, 0.5) is 5.82 Å². The van der Waals surface area contributed by atoms with E-state index in [0.29, 0.717) is 10.8 Å². The Labute approximate surface area is 112 Å². The van der Waals surface area contributed by atoms with Gasteiger partial charge in [0.2, 0.25) is 0 Å². The summed E-state index contributed by atoms with van der Waals surface area (Å²) in [6.45, 7) is 1.01. The maximum absolute atomic E-state index is 9.08. The number of nitrogens with zero attached hydrogens (tertiary/aromatic N) is 2. The predicted octanol–water partition coefficient (Wildman–Crippen LogP) is 2.57. The third-order valence-electron chi connectivity index (χ3n) is 3.65. The molecule has 4 nitrogen and oxygen atoms in total. The van der Waals surface area contributed by atoms with Crippen molar-refractivity contribution in [2.45, 2.75) is 25.7 Å². The summed E-state index contributed by atoms with van der Waals surface area (Å²) in [6.07, 6.45) is 4.32. The van der Waals surface area contributed by atoms with Crippen LogP contribution in [0.25, 0.3) is 0 Å². The lowest BCUT2D eigenvalue weighted by Gasteiger charge is -2.42. The van der Waals surface area contributed by atoms with Crippen molar-refractivity contribution in [3.63, 3.8) is 0 Å². The van der Waals surface area contributed by atoms with Crippen LogP contribution in [0.5, 0.6) is 0 Å². The van der Waals surface area contributed by atoms with E-state index in [1.165, 1.54) is 6.42 Å². The average Bonchev–Trinajstić information content (AvgIpc) is 2.34. The van der Waals surface area contributed by atoms with Gasteiger partial charge in [-0.2, -0.15) is 5.26 Å². The zero-order valence-corrected chi connectivity index (χ0v) is 10.9. The highest BCUT2D eigenvalue weighted by Crippen LogP contribution is 2.43. The summed E-state index contributed by atoms with van der Waals surface area (Å²) in [5.74, 6) is 0.667. The van der Waals surface area contributed by atoms with E-state index in [0.717, 1.165) is 25.8 Å². The molecule has 96 valence electrons. The van der Waals surface area contributed by atoms with Gasteiger partial charge in [-0.05, 0) is 36.8 Å². The van der Waals surface area contributed by atoms with Gasteiger partial charge in [0, 0.05) is 13.2 Å². The van der Waals surface area contributed by atoms with Crippen molar-refractivity contribution in [3.05, 3.63) is 22.8 Å². The number of nitrogens with one attached hydrogen (secondary N) is 1. The zero-order chi connectivity index (χ0) is 13.0. The predicted molar refractivity (Wildman–Crippen MR) is 70.4 cm³/mol. The minimum absolute atomic E-state index is 0.197. The summed E-state index contributed by atoms with van der Waals surface area (Å²) in [6, 6.07) is 5.41. The van der Waals surface area contributed by atoms with E-state index in [1.54, 1.807) is 12.1 Å². The van der Waals surface area contributed by atoms with E-state index in [4.69, 9.17) is 22.0 Å². The van der Waals surface area contributed by atoms with Gasteiger partial charge in [-0.25, -0.2) is 4.98 Å². The monoisotopic (exact) mass is 265 g/mol. The van der Waals surface area contributed by atoms with Gasteiger partial charge >= 0.3 is 0 Å². The van der Waals surface area contributed by atoms with Crippen LogP contribution in [0.15, 0.2) is 12.1 Å². The van der Waals surface area contributed by atoms with E-state index >= 15 is 0 Å². The van der Waals surface area contributed by atoms with Gasteiger partial charge < -0.3 is 10.4 Å². The summed E-state index contributed by atoms with van der Waals surface area (Å²) < 4.78 is 0. The Bertz CT molecular complexity index is 466. The zero-order valence-electron chi connectivity index (χ0n) is 10.1. The van der Waals surface area contributed by atoms with E-state index < -0.39 is 0 Å². The van der Waals surface area contributed by atoms with Crippen molar-refractivity contribution >= 4 is 17.4 Å². The molecule has 1 heterocycles. The van der Waals surface area contributed by atoms with Crippen LogP contribution in [0.2, 0.25) is 5.02 Å². The van der Waals surface area contributed by atoms with Gasteiger partial charge in [-0.1, -0.05) is 18.0 Å². The number of anilines is 1. The third-order valence-corrected chi connectivity index (χ3v) is 3.96. The molecule has 1 aliphatic carbocycles. The molecule has 0 atom stereocenters. The fourth-order valence-electron chi connectivity index (χ4n) is 2.33. The highest BCUT2D eigenvalue weighted by Gasteiger charge is 2.36. The van der Waals surface area contributed by atoms with Gasteiger partial charge in [-0.3, -0.25) is 0 Å². The topological polar surface area (TPSA) is 68.9 Å². The maximum Gasteiger partial charge on any atom is 0.161 e. The van der Waals surface area contributed by atoms with E-state index in [9.17, 15) is 0 Å². The Kier molecular flexibility index (Phi) is 4.05. The molecule has 1 aromatic heterocycles. The first-order valence-corrected chi connectivity index (χ1v) is 6.48. The lowest BCUT2D eigenvalue weighted by molar-refractivity contribution is 0.102. The lowest BCUT2D eigenvalue weighted by Crippen LogP contribution is -2.37. The third kappa shape index (κ3) is 2.74. The number of aliphatic hydroxyl groups is 1. The molecule has 0 bridgehead atoms. The number of hydrogen-bond donors (Lipinski definition) is 2. The van der Waals surface area contributed by atoms with Crippen molar-refractivity contribution < 1.29 is 5.11 Å². The van der Waals surface area contributed by atoms with Crippen molar-refractivity contribution in [2.24, 2.45) is 5.41 Å². The molecule has 1 fully saturated rings. The van der Waals surface area contributed by atoms with Crippen molar-refractivity contribution in [1.82, 2.24) is 4.98 Å². The van der Waals surface area contributed by atoms with Crippen molar-refractivity contribution in [3.8, 4) is 6.07 Å². The number of halogens is 1. The molecule has 0 unspecified atom stereocenters. The average molecular weight is 266 g/mol. The summed E-state index contributed by atoms with van der Waals surface area (Å²) in [7, 11) is 0. The summed E-state index contributed by atoms with van der Waals surface area (Å²) in [5.41, 5.74) is 0.439. The quantitative estimate of drug-likeness (QED) is 0.859. The molecule has 2 rings (SSSR count). The highest BCUT2D eigenvalue weighted by atomic mass is 35.5. The molecule has 5 heteroatoms. The largest absolute Gasteiger partial charge is 0.396 e. The second kappa shape index (κ2) is 5.55. The summed E-state index contributed by atoms with van der Waals surface area (Å²) in [5, 5.41) is 21.5. The molecular weight excluding hydrogens is 250 g/mol. The number of pyridine rings is 1. The second-order valence-corrected chi connectivity index (χ2v) is 5.23. The Morgan fingerprint density at radius 1 is 1.50 bits per heavy atom. The number of nitriles is 1. The van der Waals surface area contributed by atoms with E-state index in [2.05, 4.69) is 10.3 Å². The van der Waals surface area contributed by atoms with Crippen LogP contribution >= 0.6 is 11.6 Å². The van der Waals surface area contributed by atoms with Crippen LogP contribution < -0.4 is 5.32 Å². The normalized spacial score (nSPS) is 16.7. The molecule has 18 heavy (non-hydrogen) atoms. The molecule has 0 aliphatic heterocycles. The standard InChI is InChI=1S/C13H16ClN3O/c14-10-2-3-12(17-11(10)8-15)16-9-13(6-7-18)4-1-5-13/h2-3,18H,1,4-7,9H2,(H,16,17). The molecule has 0 radical (unpaired) electrons. The van der Waals surface area contributed by atoms with Crippen molar-refractivity contribution in [2.75, 3.05) is 18.5 Å².